The second-order valence-corrected chi connectivity index (χ2v) is 4.78. The Hall–Kier alpha value is 0.150. The van der Waals surface area contributed by atoms with E-state index in [1.54, 1.807) is 0 Å². The van der Waals surface area contributed by atoms with Gasteiger partial charge in [-0.1, -0.05) is 13.8 Å². The van der Waals surface area contributed by atoms with Crippen molar-refractivity contribution in [3.8, 4) is 0 Å². The van der Waals surface area contributed by atoms with Crippen LogP contribution in [0.5, 0.6) is 0 Å². The van der Waals surface area contributed by atoms with Gasteiger partial charge in [-0.2, -0.15) is 0 Å². The molecule has 0 aromatic rings. The van der Waals surface area contributed by atoms with Crippen LogP contribution in [-0.2, 0) is 10.8 Å². The molecule has 1 heterocycles. The molecule has 0 aliphatic carbocycles. The average molecular weight is 132 g/mol. The maximum absolute atomic E-state index is 10.8. The fraction of sp³-hybridized carbons (Fsp3) is 1.00. The minimum absolute atomic E-state index is 0.366. The monoisotopic (exact) mass is 132 g/mol. The largest absolute Gasteiger partial charge is 0.260 e. The van der Waals surface area contributed by atoms with E-state index in [9.17, 15) is 4.21 Å². The van der Waals surface area contributed by atoms with Crippen molar-refractivity contribution in [1.29, 1.82) is 0 Å². The minimum Gasteiger partial charge on any atom is -0.260 e. The van der Waals surface area contributed by atoms with E-state index >= 15 is 0 Å². The van der Waals surface area contributed by atoms with Gasteiger partial charge in [0.1, 0.15) is 0 Å². The van der Waals surface area contributed by atoms with E-state index in [1.807, 2.05) is 0 Å². The SMILES string of the molecule is CC1(C)CCS(=O)C1. The maximum atomic E-state index is 10.8. The lowest BCUT2D eigenvalue weighted by Gasteiger charge is -2.12. The van der Waals surface area contributed by atoms with Gasteiger partial charge in [0.15, 0.2) is 0 Å². The summed E-state index contributed by atoms with van der Waals surface area (Å²) in [6.45, 7) is 4.36. The zero-order chi connectivity index (χ0) is 6.20. The molecule has 0 bridgehead atoms. The molecular weight excluding hydrogens is 120 g/mol. The highest BCUT2D eigenvalue weighted by atomic mass is 32.2. The summed E-state index contributed by atoms with van der Waals surface area (Å²) in [5.41, 5.74) is 0.366. The Morgan fingerprint density at radius 1 is 1.50 bits per heavy atom. The van der Waals surface area contributed by atoms with Gasteiger partial charge in [0.05, 0.1) is 0 Å². The average Bonchev–Trinajstić information content (AvgIpc) is 1.82. The van der Waals surface area contributed by atoms with E-state index < -0.39 is 10.8 Å². The number of hydrogen-bond acceptors (Lipinski definition) is 1. The van der Waals surface area contributed by atoms with Crippen LogP contribution in [-0.4, -0.2) is 15.7 Å². The lowest BCUT2D eigenvalue weighted by molar-refractivity contribution is 0.428. The van der Waals surface area contributed by atoms with E-state index in [-0.39, 0.29) is 0 Å². The molecule has 1 fully saturated rings. The summed E-state index contributed by atoms with van der Waals surface area (Å²) in [5, 5.41) is 0. The van der Waals surface area contributed by atoms with E-state index in [0.29, 0.717) is 5.41 Å². The molecule has 1 atom stereocenters. The Kier molecular flexibility index (Phi) is 1.44. The van der Waals surface area contributed by atoms with E-state index in [4.69, 9.17) is 0 Å². The van der Waals surface area contributed by atoms with Gasteiger partial charge in [0.2, 0.25) is 0 Å². The van der Waals surface area contributed by atoms with Crippen LogP contribution in [0, 0.1) is 5.41 Å². The van der Waals surface area contributed by atoms with Crippen molar-refractivity contribution in [2.24, 2.45) is 5.41 Å². The van der Waals surface area contributed by atoms with Gasteiger partial charge in [-0.15, -0.1) is 0 Å². The molecule has 0 saturated carbocycles. The van der Waals surface area contributed by atoms with Gasteiger partial charge in [-0.05, 0) is 11.8 Å². The molecular formula is C6H12OS. The Labute approximate surface area is 52.9 Å². The Balaban J connectivity index is 2.56. The molecule has 1 aliphatic heterocycles. The predicted octanol–water partition coefficient (Wildman–Crippen LogP) is 1.17. The molecule has 0 aromatic heterocycles. The summed E-state index contributed by atoms with van der Waals surface area (Å²) in [6, 6.07) is 0. The first-order valence-electron chi connectivity index (χ1n) is 2.95. The predicted molar refractivity (Wildman–Crippen MR) is 36.3 cm³/mol. The van der Waals surface area contributed by atoms with Crippen molar-refractivity contribution in [1.82, 2.24) is 0 Å². The van der Waals surface area contributed by atoms with Gasteiger partial charge in [-0.25, -0.2) is 0 Å². The number of hydrogen-bond donors (Lipinski definition) is 0. The van der Waals surface area contributed by atoms with Crippen molar-refractivity contribution < 1.29 is 4.21 Å². The topological polar surface area (TPSA) is 17.1 Å². The van der Waals surface area contributed by atoms with Crippen LogP contribution in [0.25, 0.3) is 0 Å². The highest BCUT2D eigenvalue weighted by Gasteiger charge is 2.27. The quantitative estimate of drug-likeness (QED) is 0.483. The fourth-order valence-corrected chi connectivity index (χ4v) is 2.91. The van der Waals surface area contributed by atoms with Gasteiger partial charge in [-0.3, -0.25) is 4.21 Å². The Bertz CT molecular complexity index is 118. The van der Waals surface area contributed by atoms with Gasteiger partial charge in [0, 0.05) is 22.3 Å². The third-order valence-corrected chi connectivity index (χ3v) is 3.32. The first-order chi connectivity index (χ1) is 3.60. The van der Waals surface area contributed by atoms with Gasteiger partial charge < -0.3 is 0 Å². The Morgan fingerprint density at radius 2 is 2.12 bits per heavy atom. The maximum Gasteiger partial charge on any atom is 0.0286 e. The first kappa shape index (κ1) is 6.27. The van der Waals surface area contributed by atoms with Gasteiger partial charge >= 0.3 is 0 Å². The van der Waals surface area contributed by atoms with Gasteiger partial charge in [0.25, 0.3) is 0 Å². The minimum atomic E-state index is -0.492. The third-order valence-electron chi connectivity index (χ3n) is 1.56. The summed E-state index contributed by atoms with van der Waals surface area (Å²) < 4.78 is 10.8. The van der Waals surface area contributed by atoms with Crippen LogP contribution in [0.15, 0.2) is 0 Å². The normalized spacial score (nSPS) is 35.5. The molecule has 0 amide bonds. The van der Waals surface area contributed by atoms with Crippen molar-refractivity contribution in [3.05, 3.63) is 0 Å². The lowest BCUT2D eigenvalue weighted by atomic mass is 9.94. The number of rotatable bonds is 0. The van der Waals surface area contributed by atoms with Crippen LogP contribution in [0.1, 0.15) is 20.3 Å². The highest BCUT2D eigenvalue weighted by Crippen LogP contribution is 2.27. The molecule has 0 radical (unpaired) electrons. The summed E-state index contributed by atoms with van der Waals surface area (Å²) in [4.78, 5) is 0. The van der Waals surface area contributed by atoms with E-state index in [0.717, 1.165) is 17.9 Å². The van der Waals surface area contributed by atoms with Crippen LogP contribution in [0.3, 0.4) is 0 Å². The fourth-order valence-electron chi connectivity index (χ4n) is 0.970. The smallest absolute Gasteiger partial charge is 0.0286 e. The molecule has 0 N–H and O–H groups in total. The van der Waals surface area contributed by atoms with Crippen LogP contribution in [0.2, 0.25) is 0 Å². The molecule has 1 aliphatic rings. The highest BCUT2D eigenvalue weighted by molar-refractivity contribution is 7.85. The summed E-state index contributed by atoms with van der Waals surface area (Å²) in [7, 11) is -0.492. The zero-order valence-electron chi connectivity index (χ0n) is 5.44. The molecule has 48 valence electrons. The van der Waals surface area contributed by atoms with Crippen molar-refractivity contribution >= 4 is 10.8 Å². The van der Waals surface area contributed by atoms with E-state index in [2.05, 4.69) is 13.8 Å². The molecule has 1 unspecified atom stereocenters. The molecule has 2 heteroatoms. The molecule has 1 nitrogen and oxygen atoms in total. The first-order valence-corrected chi connectivity index (χ1v) is 4.44. The molecule has 8 heavy (non-hydrogen) atoms. The Morgan fingerprint density at radius 3 is 2.25 bits per heavy atom. The summed E-state index contributed by atoms with van der Waals surface area (Å²) in [5.74, 6) is 1.83. The third kappa shape index (κ3) is 1.31. The van der Waals surface area contributed by atoms with Crippen molar-refractivity contribution in [3.63, 3.8) is 0 Å². The van der Waals surface area contributed by atoms with E-state index in [1.165, 1.54) is 0 Å². The molecule has 1 saturated heterocycles. The second-order valence-electron chi connectivity index (χ2n) is 3.20. The van der Waals surface area contributed by atoms with Crippen LogP contribution < -0.4 is 0 Å². The summed E-state index contributed by atoms with van der Waals surface area (Å²) >= 11 is 0. The lowest BCUT2D eigenvalue weighted by Crippen LogP contribution is -2.09. The second kappa shape index (κ2) is 1.83. The van der Waals surface area contributed by atoms with Crippen LogP contribution >= 0.6 is 0 Å². The van der Waals surface area contributed by atoms with Crippen LogP contribution in [0.4, 0.5) is 0 Å². The molecule has 0 aromatic carbocycles. The van der Waals surface area contributed by atoms with Crippen molar-refractivity contribution in [2.45, 2.75) is 20.3 Å². The molecule has 0 spiro atoms. The standard InChI is InChI=1S/C6H12OS/c1-6(2)3-4-8(7)5-6/h3-5H2,1-2H3. The summed E-state index contributed by atoms with van der Waals surface area (Å²) in [6.07, 6.45) is 1.14. The van der Waals surface area contributed by atoms with Crippen molar-refractivity contribution in [2.75, 3.05) is 11.5 Å². The zero-order valence-corrected chi connectivity index (χ0v) is 6.25. The molecule has 1 rings (SSSR count).